The lowest BCUT2D eigenvalue weighted by Crippen LogP contribution is -2.43. The number of hydrogen-bond donors (Lipinski definition) is 0. The molecule has 0 aromatic heterocycles. The van der Waals surface area contributed by atoms with E-state index in [0.29, 0.717) is 37.0 Å². The van der Waals surface area contributed by atoms with Crippen LogP contribution in [0.15, 0.2) is 58.5 Å². The first-order valence-electron chi connectivity index (χ1n) is 8.56. The Morgan fingerprint density at radius 3 is 2.57 bits per heavy atom. The average molecular weight is 423 g/mol. The summed E-state index contributed by atoms with van der Waals surface area (Å²) in [5.41, 5.74) is 0.641. The minimum atomic E-state index is -4.06. The lowest BCUT2D eigenvalue weighted by atomic mass is 10.2. The Hall–Kier alpha value is -2.42. The SMILES string of the molecule is O=C(C1=CN(c2cccc(F)c2)c2cc(Cl)ccc2S1(=O)=O)N1CCOCC1. The largest absolute Gasteiger partial charge is 0.378 e. The first kappa shape index (κ1) is 18.9. The van der Waals surface area contributed by atoms with Crippen molar-refractivity contribution >= 4 is 38.7 Å². The zero-order chi connectivity index (χ0) is 19.9. The minimum Gasteiger partial charge on any atom is -0.378 e. The molecule has 2 aromatic carbocycles. The van der Waals surface area contributed by atoms with Crippen LogP contribution in [-0.4, -0.2) is 45.5 Å². The van der Waals surface area contributed by atoms with E-state index < -0.39 is 21.6 Å². The van der Waals surface area contributed by atoms with Crippen LogP contribution in [0.4, 0.5) is 15.8 Å². The van der Waals surface area contributed by atoms with Gasteiger partial charge in [0.05, 0.1) is 23.8 Å². The normalized spacial score (nSPS) is 18.4. The van der Waals surface area contributed by atoms with E-state index in [1.54, 1.807) is 6.07 Å². The molecule has 28 heavy (non-hydrogen) atoms. The van der Waals surface area contributed by atoms with Gasteiger partial charge in [0, 0.05) is 30.0 Å². The van der Waals surface area contributed by atoms with Crippen LogP contribution in [0.5, 0.6) is 0 Å². The summed E-state index contributed by atoms with van der Waals surface area (Å²) in [5, 5.41) is 0.326. The topological polar surface area (TPSA) is 66.9 Å². The molecule has 0 N–H and O–H groups in total. The minimum absolute atomic E-state index is 0.0553. The van der Waals surface area contributed by atoms with Gasteiger partial charge in [0.1, 0.15) is 5.82 Å². The van der Waals surface area contributed by atoms with Crippen molar-refractivity contribution < 1.29 is 22.3 Å². The zero-order valence-electron chi connectivity index (χ0n) is 14.6. The summed E-state index contributed by atoms with van der Waals surface area (Å²) < 4.78 is 45.3. The molecule has 0 radical (unpaired) electrons. The number of benzene rings is 2. The molecule has 2 aliphatic heterocycles. The van der Waals surface area contributed by atoms with E-state index >= 15 is 0 Å². The quantitative estimate of drug-likeness (QED) is 0.744. The molecule has 146 valence electrons. The van der Waals surface area contributed by atoms with Gasteiger partial charge in [-0.15, -0.1) is 0 Å². The van der Waals surface area contributed by atoms with Crippen molar-refractivity contribution in [2.45, 2.75) is 4.90 Å². The molecule has 0 bridgehead atoms. The standard InChI is InChI=1S/C19H16ClFN2O4S/c20-13-4-5-17-16(10-13)23(15-3-1-2-14(21)11-15)12-18(28(17,25)26)19(24)22-6-8-27-9-7-22/h1-5,10-12H,6-9H2. The third-order valence-electron chi connectivity index (χ3n) is 4.60. The van der Waals surface area contributed by atoms with Crippen molar-refractivity contribution in [1.29, 1.82) is 0 Å². The number of sulfone groups is 1. The average Bonchev–Trinajstić information content (AvgIpc) is 2.68. The maximum absolute atomic E-state index is 13.8. The van der Waals surface area contributed by atoms with Crippen LogP contribution < -0.4 is 4.90 Å². The number of amides is 1. The molecule has 6 nitrogen and oxygen atoms in total. The number of rotatable bonds is 2. The fourth-order valence-corrected chi connectivity index (χ4v) is 4.90. The van der Waals surface area contributed by atoms with E-state index in [9.17, 15) is 17.6 Å². The van der Waals surface area contributed by atoms with E-state index in [4.69, 9.17) is 16.3 Å². The number of halogens is 2. The number of nitrogens with zero attached hydrogens (tertiary/aromatic N) is 2. The molecule has 2 aliphatic rings. The summed E-state index contributed by atoms with van der Waals surface area (Å²) in [6.07, 6.45) is 1.24. The Morgan fingerprint density at radius 1 is 1.11 bits per heavy atom. The fraction of sp³-hybridized carbons (Fsp3) is 0.211. The van der Waals surface area contributed by atoms with Gasteiger partial charge in [-0.2, -0.15) is 0 Å². The Balaban J connectivity index is 1.88. The molecule has 0 aliphatic carbocycles. The van der Waals surface area contributed by atoms with Crippen LogP contribution in [-0.2, 0) is 19.4 Å². The molecule has 9 heteroatoms. The second kappa shape index (κ2) is 7.20. The predicted octanol–water partition coefficient (Wildman–Crippen LogP) is 3.10. The summed E-state index contributed by atoms with van der Waals surface area (Å²) in [7, 11) is -4.06. The first-order valence-corrected chi connectivity index (χ1v) is 10.4. The second-order valence-electron chi connectivity index (χ2n) is 6.36. The second-order valence-corrected chi connectivity index (χ2v) is 8.69. The van der Waals surface area contributed by atoms with Crippen LogP contribution >= 0.6 is 11.6 Å². The van der Waals surface area contributed by atoms with Crippen molar-refractivity contribution in [3.8, 4) is 0 Å². The summed E-state index contributed by atoms with van der Waals surface area (Å²) >= 11 is 6.07. The molecule has 0 atom stereocenters. The summed E-state index contributed by atoms with van der Waals surface area (Å²) in [5.74, 6) is -1.09. The molecule has 0 saturated carbocycles. The highest BCUT2D eigenvalue weighted by molar-refractivity contribution is 7.96. The van der Waals surface area contributed by atoms with Gasteiger partial charge >= 0.3 is 0 Å². The third kappa shape index (κ3) is 3.28. The Labute approximate surface area is 166 Å². The van der Waals surface area contributed by atoms with Crippen LogP contribution in [0.25, 0.3) is 0 Å². The molecule has 1 fully saturated rings. The van der Waals surface area contributed by atoms with Gasteiger partial charge in [-0.1, -0.05) is 17.7 Å². The van der Waals surface area contributed by atoms with E-state index in [1.807, 2.05) is 0 Å². The first-order chi connectivity index (χ1) is 13.4. The highest BCUT2D eigenvalue weighted by Gasteiger charge is 2.38. The van der Waals surface area contributed by atoms with E-state index in [2.05, 4.69) is 0 Å². The summed E-state index contributed by atoms with van der Waals surface area (Å²) in [6.45, 7) is 1.30. The van der Waals surface area contributed by atoms with Gasteiger partial charge in [-0.05, 0) is 36.4 Å². The Kier molecular flexibility index (Phi) is 4.86. The number of carbonyl (C=O) groups excluding carboxylic acids is 1. The molecular formula is C19H16ClFN2O4S. The van der Waals surface area contributed by atoms with Gasteiger partial charge in [0.2, 0.25) is 9.84 Å². The van der Waals surface area contributed by atoms with Crippen molar-refractivity contribution in [2.24, 2.45) is 0 Å². The number of morpholine rings is 1. The Morgan fingerprint density at radius 2 is 1.86 bits per heavy atom. The van der Waals surface area contributed by atoms with Gasteiger partial charge in [0.25, 0.3) is 5.91 Å². The molecule has 2 aromatic rings. The van der Waals surface area contributed by atoms with Crippen molar-refractivity contribution in [3.63, 3.8) is 0 Å². The maximum Gasteiger partial charge on any atom is 0.267 e. The maximum atomic E-state index is 13.8. The lowest BCUT2D eigenvalue weighted by Gasteiger charge is -2.32. The van der Waals surface area contributed by atoms with Gasteiger partial charge < -0.3 is 14.5 Å². The van der Waals surface area contributed by atoms with Crippen LogP contribution in [0.2, 0.25) is 5.02 Å². The molecule has 0 unspecified atom stereocenters. The molecule has 2 heterocycles. The molecule has 1 saturated heterocycles. The number of hydrogen-bond acceptors (Lipinski definition) is 5. The van der Waals surface area contributed by atoms with Crippen molar-refractivity contribution in [3.05, 3.63) is 64.4 Å². The van der Waals surface area contributed by atoms with Gasteiger partial charge in [0.15, 0.2) is 4.91 Å². The molecule has 4 rings (SSSR count). The van der Waals surface area contributed by atoms with Crippen molar-refractivity contribution in [2.75, 3.05) is 31.2 Å². The molecule has 1 amide bonds. The smallest absolute Gasteiger partial charge is 0.267 e. The number of fused-ring (bicyclic) bond motifs is 1. The highest BCUT2D eigenvalue weighted by Crippen LogP contribution is 2.41. The molecular weight excluding hydrogens is 407 g/mol. The summed E-state index contributed by atoms with van der Waals surface area (Å²) in [4.78, 5) is 15.5. The van der Waals surface area contributed by atoms with E-state index in [1.165, 1.54) is 52.4 Å². The van der Waals surface area contributed by atoms with E-state index in [-0.39, 0.29) is 15.5 Å². The zero-order valence-corrected chi connectivity index (χ0v) is 16.2. The van der Waals surface area contributed by atoms with Crippen molar-refractivity contribution in [1.82, 2.24) is 4.90 Å². The monoisotopic (exact) mass is 422 g/mol. The van der Waals surface area contributed by atoms with E-state index in [0.717, 1.165) is 0 Å². The van der Waals surface area contributed by atoms with Gasteiger partial charge in [-0.25, -0.2) is 12.8 Å². The highest BCUT2D eigenvalue weighted by atomic mass is 35.5. The summed E-state index contributed by atoms with van der Waals surface area (Å²) in [6, 6.07) is 9.96. The number of anilines is 2. The number of ether oxygens (including phenoxy) is 1. The number of carbonyl (C=O) groups is 1. The Bertz CT molecular complexity index is 1080. The fourth-order valence-electron chi connectivity index (χ4n) is 3.21. The van der Waals surface area contributed by atoms with Crippen LogP contribution in [0.3, 0.4) is 0 Å². The predicted molar refractivity (Wildman–Crippen MR) is 103 cm³/mol. The lowest BCUT2D eigenvalue weighted by molar-refractivity contribution is -0.130. The van der Waals surface area contributed by atoms with Crippen LogP contribution in [0, 0.1) is 5.82 Å². The molecule has 0 spiro atoms. The van der Waals surface area contributed by atoms with Crippen LogP contribution in [0.1, 0.15) is 0 Å². The third-order valence-corrected chi connectivity index (χ3v) is 6.62. The van der Waals surface area contributed by atoms with Gasteiger partial charge in [-0.3, -0.25) is 4.79 Å².